The zero-order valence-electron chi connectivity index (χ0n) is 14.6. The quantitative estimate of drug-likeness (QED) is 0.820. The topological polar surface area (TPSA) is 84.4 Å². The number of pyridine rings is 2. The van der Waals surface area contributed by atoms with E-state index in [1.807, 2.05) is 6.07 Å². The summed E-state index contributed by atoms with van der Waals surface area (Å²) < 4.78 is 19.1. The second kappa shape index (κ2) is 6.94. The molecule has 0 radical (unpaired) electrons. The van der Waals surface area contributed by atoms with E-state index in [0.29, 0.717) is 32.0 Å². The molecular weight excluding hydrogens is 351 g/mol. The van der Waals surface area contributed by atoms with E-state index in [9.17, 15) is 14.0 Å². The van der Waals surface area contributed by atoms with Crippen molar-refractivity contribution in [1.82, 2.24) is 20.2 Å². The van der Waals surface area contributed by atoms with Crippen molar-refractivity contribution in [2.24, 2.45) is 11.3 Å². The van der Waals surface area contributed by atoms with Gasteiger partial charge in [0.25, 0.3) is 5.91 Å². The summed E-state index contributed by atoms with van der Waals surface area (Å²) in [7, 11) is 0. The third kappa shape index (κ3) is 3.22. The van der Waals surface area contributed by atoms with Crippen LogP contribution in [0.4, 0.5) is 4.39 Å². The van der Waals surface area contributed by atoms with Crippen LogP contribution in [0.1, 0.15) is 16.8 Å². The predicted octanol–water partition coefficient (Wildman–Crippen LogP) is 1.27. The predicted molar refractivity (Wildman–Crippen MR) is 93.4 cm³/mol. The standard InChI is InChI=1S/C19H19FN4O3/c20-15-9-13(4-7-21-15)17(25)24-8-5-19(12-24)14(10-23-18(19)26)11-27-16-3-1-2-6-22-16/h1-4,6-7,9,14H,5,8,10-12H2,(H,23,26)/t14-,19-/m1/s1. The maximum atomic E-state index is 13.3. The molecule has 2 saturated heterocycles. The Bertz CT molecular complexity index is 863. The van der Waals surface area contributed by atoms with Crippen molar-refractivity contribution in [2.45, 2.75) is 6.42 Å². The van der Waals surface area contributed by atoms with E-state index in [1.165, 1.54) is 12.3 Å². The van der Waals surface area contributed by atoms with Crippen LogP contribution < -0.4 is 10.1 Å². The van der Waals surface area contributed by atoms with Gasteiger partial charge in [-0.3, -0.25) is 9.59 Å². The van der Waals surface area contributed by atoms with Crippen molar-refractivity contribution in [3.8, 4) is 5.88 Å². The molecule has 2 aromatic heterocycles. The van der Waals surface area contributed by atoms with E-state index in [0.717, 1.165) is 6.07 Å². The number of likely N-dealkylation sites (tertiary alicyclic amines) is 1. The Kier molecular flexibility index (Phi) is 4.47. The third-order valence-corrected chi connectivity index (χ3v) is 5.37. The lowest BCUT2D eigenvalue weighted by Gasteiger charge is -2.28. The lowest BCUT2D eigenvalue weighted by atomic mass is 9.77. The highest BCUT2D eigenvalue weighted by atomic mass is 19.1. The van der Waals surface area contributed by atoms with E-state index in [4.69, 9.17) is 4.74 Å². The van der Waals surface area contributed by atoms with Crippen molar-refractivity contribution >= 4 is 11.8 Å². The first-order valence-corrected chi connectivity index (χ1v) is 8.81. The van der Waals surface area contributed by atoms with Gasteiger partial charge in [-0.25, -0.2) is 9.97 Å². The van der Waals surface area contributed by atoms with Gasteiger partial charge in [-0.1, -0.05) is 6.07 Å². The smallest absolute Gasteiger partial charge is 0.254 e. The van der Waals surface area contributed by atoms with Crippen molar-refractivity contribution < 1.29 is 18.7 Å². The minimum Gasteiger partial charge on any atom is -0.477 e. The van der Waals surface area contributed by atoms with Crippen LogP contribution in [0, 0.1) is 17.3 Å². The molecule has 140 valence electrons. The monoisotopic (exact) mass is 370 g/mol. The molecule has 2 fully saturated rings. The molecule has 0 aromatic carbocycles. The summed E-state index contributed by atoms with van der Waals surface area (Å²) in [5.74, 6) is -0.621. The van der Waals surface area contributed by atoms with Gasteiger partial charge in [0.05, 0.1) is 12.0 Å². The van der Waals surface area contributed by atoms with Gasteiger partial charge in [-0.15, -0.1) is 0 Å². The first kappa shape index (κ1) is 17.4. The van der Waals surface area contributed by atoms with E-state index >= 15 is 0 Å². The maximum absolute atomic E-state index is 13.3. The average molecular weight is 370 g/mol. The highest BCUT2D eigenvalue weighted by Crippen LogP contribution is 2.42. The van der Waals surface area contributed by atoms with E-state index in [2.05, 4.69) is 15.3 Å². The summed E-state index contributed by atoms with van der Waals surface area (Å²) in [5.41, 5.74) is -0.449. The molecule has 7 nitrogen and oxygen atoms in total. The Morgan fingerprint density at radius 3 is 3.00 bits per heavy atom. The number of hydrogen-bond acceptors (Lipinski definition) is 5. The van der Waals surface area contributed by atoms with Crippen LogP contribution in [-0.2, 0) is 4.79 Å². The van der Waals surface area contributed by atoms with Gasteiger partial charge in [0.1, 0.15) is 0 Å². The number of amides is 2. The van der Waals surface area contributed by atoms with Crippen LogP contribution in [0.25, 0.3) is 0 Å². The fourth-order valence-corrected chi connectivity index (χ4v) is 3.85. The zero-order valence-corrected chi connectivity index (χ0v) is 14.6. The van der Waals surface area contributed by atoms with E-state index in [-0.39, 0.29) is 29.8 Å². The highest BCUT2D eigenvalue weighted by Gasteiger charge is 2.55. The van der Waals surface area contributed by atoms with Gasteiger partial charge >= 0.3 is 0 Å². The highest BCUT2D eigenvalue weighted by molar-refractivity contribution is 5.95. The molecule has 2 amide bonds. The van der Waals surface area contributed by atoms with Crippen molar-refractivity contribution in [2.75, 3.05) is 26.2 Å². The van der Waals surface area contributed by atoms with E-state index in [1.54, 1.807) is 23.2 Å². The van der Waals surface area contributed by atoms with Crippen LogP contribution in [0.15, 0.2) is 42.7 Å². The van der Waals surface area contributed by atoms with Crippen LogP contribution >= 0.6 is 0 Å². The number of carbonyl (C=O) groups is 2. The second-order valence-electron chi connectivity index (χ2n) is 6.89. The molecule has 1 N–H and O–H groups in total. The van der Waals surface area contributed by atoms with Crippen molar-refractivity contribution in [3.63, 3.8) is 0 Å². The van der Waals surface area contributed by atoms with Gasteiger partial charge in [0.2, 0.25) is 17.7 Å². The number of nitrogens with zero attached hydrogens (tertiary/aromatic N) is 3. The average Bonchev–Trinajstić information content (AvgIpc) is 3.26. The zero-order chi connectivity index (χ0) is 18.9. The van der Waals surface area contributed by atoms with Crippen molar-refractivity contribution in [3.05, 3.63) is 54.2 Å². The molecule has 2 aromatic rings. The minimum absolute atomic E-state index is 0.0617. The van der Waals surface area contributed by atoms with Gasteiger partial charge < -0.3 is 15.0 Å². The Labute approximate surface area is 155 Å². The number of aromatic nitrogens is 2. The summed E-state index contributed by atoms with van der Waals surface area (Å²) in [5, 5.41) is 2.90. The molecule has 2 aliphatic rings. The Morgan fingerprint density at radius 2 is 2.22 bits per heavy atom. The molecule has 4 heterocycles. The van der Waals surface area contributed by atoms with Crippen LogP contribution in [-0.4, -0.2) is 52.9 Å². The van der Waals surface area contributed by atoms with Crippen LogP contribution in [0.5, 0.6) is 5.88 Å². The molecule has 0 saturated carbocycles. The summed E-state index contributed by atoms with van der Waals surface area (Å²) in [6.45, 7) is 1.56. The maximum Gasteiger partial charge on any atom is 0.254 e. The second-order valence-corrected chi connectivity index (χ2v) is 6.89. The molecule has 1 spiro atoms. The summed E-state index contributed by atoms with van der Waals surface area (Å²) in [4.78, 5) is 34.5. The SMILES string of the molecule is O=C(c1ccnc(F)c1)N1CC[C@]2(C1)C(=O)NC[C@@H]2COc1ccccn1. The first-order chi connectivity index (χ1) is 13.1. The molecular formula is C19H19FN4O3. The largest absolute Gasteiger partial charge is 0.477 e. The minimum atomic E-state index is -0.699. The van der Waals surface area contributed by atoms with Gasteiger partial charge in [-0.05, 0) is 18.6 Å². The third-order valence-electron chi connectivity index (χ3n) is 5.37. The number of rotatable bonds is 4. The number of nitrogens with one attached hydrogen (secondary N) is 1. The summed E-state index contributed by atoms with van der Waals surface area (Å²) in [6, 6.07) is 7.99. The molecule has 0 aliphatic carbocycles. The van der Waals surface area contributed by atoms with Crippen molar-refractivity contribution in [1.29, 1.82) is 0 Å². The Hall–Kier alpha value is -3.03. The summed E-state index contributed by atoms with van der Waals surface area (Å²) in [6.07, 6.45) is 3.46. The lowest BCUT2D eigenvalue weighted by molar-refractivity contribution is -0.128. The molecule has 0 unspecified atom stereocenters. The Balaban J connectivity index is 1.48. The van der Waals surface area contributed by atoms with Gasteiger partial charge in [0.15, 0.2) is 0 Å². The Morgan fingerprint density at radius 1 is 1.33 bits per heavy atom. The van der Waals surface area contributed by atoms with Gasteiger partial charge in [-0.2, -0.15) is 4.39 Å². The fourth-order valence-electron chi connectivity index (χ4n) is 3.85. The summed E-state index contributed by atoms with van der Waals surface area (Å²) >= 11 is 0. The molecule has 4 rings (SSSR count). The fraction of sp³-hybridized carbons (Fsp3) is 0.368. The van der Waals surface area contributed by atoms with Crippen LogP contribution in [0.2, 0.25) is 0 Å². The molecule has 27 heavy (non-hydrogen) atoms. The number of ether oxygens (including phenoxy) is 1. The first-order valence-electron chi connectivity index (χ1n) is 8.81. The van der Waals surface area contributed by atoms with E-state index < -0.39 is 11.4 Å². The molecule has 2 aliphatic heterocycles. The van der Waals surface area contributed by atoms with Gasteiger partial charge in [0, 0.05) is 55.6 Å². The molecule has 8 heteroatoms. The molecule has 0 bridgehead atoms. The lowest BCUT2D eigenvalue weighted by Crippen LogP contribution is -2.41. The van der Waals surface area contributed by atoms with Crippen LogP contribution in [0.3, 0.4) is 0 Å². The number of halogens is 1. The normalized spacial score (nSPS) is 24.3. The molecule has 2 atom stereocenters. The number of hydrogen-bond donors (Lipinski definition) is 1. The number of carbonyl (C=O) groups excluding carboxylic acids is 2.